The maximum atomic E-state index is 14.9. The van der Waals surface area contributed by atoms with Crippen LogP contribution in [0.3, 0.4) is 0 Å². The Balaban J connectivity index is 1.09. The van der Waals surface area contributed by atoms with Crippen molar-refractivity contribution < 1.29 is 38.7 Å². The van der Waals surface area contributed by atoms with E-state index >= 15 is 0 Å². The van der Waals surface area contributed by atoms with E-state index in [2.05, 4.69) is 54.7 Å². The molecule has 9 N–H and O–H groups in total. The minimum atomic E-state index is -1.07. The zero-order valence-electron chi connectivity index (χ0n) is 48.7. The Morgan fingerprint density at radius 2 is 1.10 bits per heavy atom. The van der Waals surface area contributed by atoms with Gasteiger partial charge < -0.3 is 52.1 Å². The molecule has 1 unspecified atom stereocenters. The molecule has 18 nitrogen and oxygen atoms in total. The molecule has 2 saturated heterocycles. The molecule has 18 heteroatoms. The van der Waals surface area contributed by atoms with Crippen molar-refractivity contribution in [3.05, 3.63) is 70.8 Å². The van der Waals surface area contributed by atoms with Crippen LogP contribution in [0.15, 0.2) is 48.5 Å². The fourth-order valence-electron chi connectivity index (χ4n) is 12.8. The van der Waals surface area contributed by atoms with Gasteiger partial charge in [0.15, 0.2) is 0 Å². The second kappa shape index (κ2) is 24.1. The van der Waals surface area contributed by atoms with Gasteiger partial charge in [0.2, 0.25) is 41.4 Å². The molecular formula is C60H92N10O8. The van der Waals surface area contributed by atoms with Crippen LogP contribution in [0.25, 0.3) is 0 Å². The Kier molecular flexibility index (Phi) is 18.6. The molecule has 5 aliphatic rings. The van der Waals surface area contributed by atoms with E-state index < -0.39 is 82.0 Å². The van der Waals surface area contributed by atoms with Crippen LogP contribution in [-0.2, 0) is 46.4 Å². The Bertz CT molecular complexity index is 2540. The topological polar surface area (TPSA) is 242 Å². The number of fused-ring (bicyclic) bond motifs is 2. The minimum Gasteiger partial charge on any atom is -0.377 e. The Morgan fingerprint density at radius 3 is 1.58 bits per heavy atom. The van der Waals surface area contributed by atoms with Crippen LogP contribution in [0.1, 0.15) is 162 Å². The maximum Gasteiger partial charge on any atom is 0.246 e. The number of likely N-dealkylation sites (N-methyl/N-ethyl adjacent to an activating group) is 2. The predicted molar refractivity (Wildman–Crippen MR) is 300 cm³/mol. The van der Waals surface area contributed by atoms with E-state index in [4.69, 9.17) is 0 Å². The fraction of sp³-hybridized carbons (Fsp3) is 0.683. The van der Waals surface area contributed by atoms with Gasteiger partial charge in [-0.3, -0.25) is 38.9 Å². The molecule has 430 valence electrons. The first kappa shape index (κ1) is 60.2. The Hall–Kier alpha value is -5.43. The lowest BCUT2D eigenvalue weighted by atomic mass is 9.65. The summed E-state index contributed by atoms with van der Waals surface area (Å²) in [5, 5.41) is 36.2. The molecule has 0 radical (unpaired) electrons. The van der Waals surface area contributed by atoms with E-state index in [1.165, 1.54) is 16.0 Å². The number of carbonyl (C=O) groups excluding carboxylic acids is 7. The number of benzene rings is 2. The maximum absolute atomic E-state index is 14.9. The summed E-state index contributed by atoms with van der Waals surface area (Å²) >= 11 is 0. The third kappa shape index (κ3) is 12.8. The molecule has 2 aromatic carbocycles. The van der Waals surface area contributed by atoms with E-state index in [9.17, 15) is 38.7 Å². The molecule has 2 heterocycles. The Labute approximate surface area is 463 Å². The van der Waals surface area contributed by atoms with Gasteiger partial charge in [-0.15, -0.1) is 0 Å². The van der Waals surface area contributed by atoms with Gasteiger partial charge in [-0.25, -0.2) is 0 Å². The van der Waals surface area contributed by atoms with Crippen LogP contribution in [0, 0.1) is 27.6 Å². The van der Waals surface area contributed by atoms with Gasteiger partial charge in [0.25, 0.3) is 0 Å². The summed E-state index contributed by atoms with van der Waals surface area (Å²) in [6.45, 7) is 20.7. The summed E-state index contributed by atoms with van der Waals surface area (Å²) in [5.41, 5.74) is 1.11. The molecule has 0 spiro atoms. The smallest absolute Gasteiger partial charge is 0.246 e. The predicted octanol–water partition coefficient (Wildman–Crippen LogP) is 4.06. The zero-order valence-corrected chi connectivity index (χ0v) is 48.7. The van der Waals surface area contributed by atoms with Crippen LogP contribution >= 0.6 is 0 Å². The SMILES string of the molecule is CN[C@@H](C)C(=O)N[C@H](C(=O)N1C[C@@H](NC(=O)[C@H]2CC[C@@](C)(C(=O)N[C@H]3C[C@@H](C(=O)N[C@@H]4CCCc5ccccc54)N(C(=O)[C@@H](NC(O)[C@H](C)NC)C(C)(C)C)C3)C2(C)C)C[C@H]1C(=O)N[C@@H]1CCCc2ccccc21)C(C)(C)C. The number of nitrogens with one attached hydrogen (secondary N) is 8. The van der Waals surface area contributed by atoms with Crippen LogP contribution in [0.4, 0.5) is 0 Å². The third-order valence-electron chi connectivity index (χ3n) is 18.5. The molecule has 78 heavy (non-hydrogen) atoms. The Morgan fingerprint density at radius 1 is 0.628 bits per heavy atom. The van der Waals surface area contributed by atoms with Gasteiger partial charge in [-0.2, -0.15) is 0 Å². The van der Waals surface area contributed by atoms with Crippen molar-refractivity contribution in [2.75, 3.05) is 27.2 Å². The highest BCUT2D eigenvalue weighted by atomic mass is 16.3. The molecule has 7 rings (SSSR count). The summed E-state index contributed by atoms with van der Waals surface area (Å²) in [6, 6.07) is 9.78. The third-order valence-corrected chi connectivity index (χ3v) is 18.5. The van der Waals surface area contributed by atoms with Crippen molar-refractivity contribution >= 4 is 41.4 Å². The monoisotopic (exact) mass is 1080 g/mol. The van der Waals surface area contributed by atoms with E-state index in [1.807, 2.05) is 98.7 Å². The van der Waals surface area contributed by atoms with E-state index in [1.54, 1.807) is 32.8 Å². The molecular weight excluding hydrogens is 989 g/mol. The second-order valence-corrected chi connectivity index (χ2v) is 26.1. The average Bonchev–Trinajstić information content (AvgIpc) is 4.17. The number of likely N-dealkylation sites (tertiary alicyclic amines) is 2. The number of aliphatic hydroxyl groups is 1. The molecule has 0 aromatic heterocycles. The first-order chi connectivity index (χ1) is 36.6. The summed E-state index contributed by atoms with van der Waals surface area (Å²) in [4.78, 5) is 105. The lowest BCUT2D eigenvalue weighted by Gasteiger charge is -2.40. The van der Waals surface area contributed by atoms with Crippen LogP contribution in [0.5, 0.6) is 0 Å². The zero-order chi connectivity index (χ0) is 57.2. The summed E-state index contributed by atoms with van der Waals surface area (Å²) < 4.78 is 0. The van der Waals surface area contributed by atoms with Crippen molar-refractivity contribution in [2.45, 2.75) is 207 Å². The van der Waals surface area contributed by atoms with Crippen molar-refractivity contribution in [2.24, 2.45) is 27.6 Å². The van der Waals surface area contributed by atoms with Crippen molar-refractivity contribution in [1.82, 2.24) is 52.3 Å². The van der Waals surface area contributed by atoms with Crippen LogP contribution in [0.2, 0.25) is 0 Å². The summed E-state index contributed by atoms with van der Waals surface area (Å²) in [5.74, 6) is -2.96. The largest absolute Gasteiger partial charge is 0.377 e. The lowest BCUT2D eigenvalue weighted by Crippen LogP contribution is -2.61. The lowest BCUT2D eigenvalue weighted by molar-refractivity contribution is -0.144. The number of nitrogens with zero attached hydrogens (tertiary/aromatic N) is 2. The minimum absolute atomic E-state index is 0.0385. The van der Waals surface area contributed by atoms with E-state index in [0.29, 0.717) is 12.8 Å². The first-order valence-corrected chi connectivity index (χ1v) is 28.7. The summed E-state index contributed by atoms with van der Waals surface area (Å²) in [6.07, 6.45) is 5.14. The highest BCUT2D eigenvalue weighted by molar-refractivity contribution is 5.95. The molecule has 2 aliphatic heterocycles. The van der Waals surface area contributed by atoms with Gasteiger partial charge in [-0.05, 0) is 131 Å². The molecule has 3 aliphatic carbocycles. The molecule has 1 saturated carbocycles. The number of amides is 7. The van der Waals surface area contributed by atoms with Crippen molar-refractivity contribution in [1.29, 1.82) is 0 Å². The van der Waals surface area contributed by atoms with E-state index in [0.717, 1.165) is 49.7 Å². The van der Waals surface area contributed by atoms with Gasteiger partial charge in [0.1, 0.15) is 24.4 Å². The molecule has 0 bridgehead atoms. The van der Waals surface area contributed by atoms with E-state index in [-0.39, 0.29) is 79.5 Å². The molecule has 7 amide bonds. The number of hydrogen-bond acceptors (Lipinski definition) is 11. The molecule has 3 fully saturated rings. The number of aliphatic hydroxyl groups excluding tert-OH is 1. The average molecular weight is 1080 g/mol. The number of aryl methyl sites for hydroxylation is 2. The fourth-order valence-corrected chi connectivity index (χ4v) is 12.8. The molecule has 13 atom stereocenters. The highest BCUT2D eigenvalue weighted by Gasteiger charge is 2.59. The van der Waals surface area contributed by atoms with Gasteiger partial charge in [-0.1, -0.05) is 111 Å². The normalized spacial score (nSPS) is 27.7. The van der Waals surface area contributed by atoms with Gasteiger partial charge in [0.05, 0.1) is 29.6 Å². The molecule has 2 aromatic rings. The number of carbonyl (C=O) groups is 7. The standard InChI is InChI=1S/C60H92N10O8/c1-34(61-12)49(71)67-47(57(3,4)5)54(76)69-32-38(30-45(69)52(74)65-43-26-18-22-36-20-14-16-24-40(36)43)63-51(73)42-28-29-60(11,59(42,9)10)56(78)64-39-31-46(53(75)66-44-27-19-23-37-21-15-17-25-41(37)44)70(33-39)55(77)48(58(6,7)8)68-50(72)35(2)62-13/h14-17,20-21,24-25,34-35,38-39,42-48,50,61-62,68,72H,18-19,22-23,26-33H2,1-13H3,(H,63,73)(H,64,78)(H,65,74)(H,66,75)(H,67,71)/t34-,35-,38-,39-,42+,43+,44+,45-,46-,47+,48+,50?,60-/m0/s1. The highest BCUT2D eigenvalue weighted by Crippen LogP contribution is 2.56. The van der Waals surface area contributed by atoms with Crippen LogP contribution < -0.4 is 42.5 Å². The van der Waals surface area contributed by atoms with Crippen molar-refractivity contribution in [3.63, 3.8) is 0 Å². The van der Waals surface area contributed by atoms with Crippen LogP contribution in [-0.4, -0.2) is 138 Å². The first-order valence-electron chi connectivity index (χ1n) is 28.7. The quantitative estimate of drug-likeness (QED) is 0.102. The summed E-state index contributed by atoms with van der Waals surface area (Å²) in [7, 11) is 3.39. The van der Waals surface area contributed by atoms with Gasteiger partial charge in [0, 0.05) is 37.1 Å². The van der Waals surface area contributed by atoms with Crippen molar-refractivity contribution in [3.8, 4) is 0 Å². The van der Waals surface area contributed by atoms with Gasteiger partial charge >= 0.3 is 0 Å². The number of rotatable bonds is 17. The number of hydrogen-bond donors (Lipinski definition) is 9. The second-order valence-electron chi connectivity index (χ2n) is 26.1.